The average Bonchev–Trinajstić information content (AvgIpc) is 2.42. The van der Waals surface area contributed by atoms with Crippen molar-refractivity contribution in [2.75, 3.05) is 0 Å². The maximum atomic E-state index is 12.6. The SMILES string of the molecule is Cc1cc(Br)cc(C2=CC3CCCC(C2)N3C(=O)OC(C)(C)C)c1. The fraction of sp³-hybridized carbons (Fsp3) is 0.550. The van der Waals surface area contributed by atoms with Gasteiger partial charge in [0.2, 0.25) is 0 Å². The summed E-state index contributed by atoms with van der Waals surface area (Å²) in [6.45, 7) is 7.90. The van der Waals surface area contributed by atoms with Crippen LogP contribution in [-0.4, -0.2) is 28.7 Å². The lowest BCUT2D eigenvalue weighted by Gasteiger charge is -2.45. The van der Waals surface area contributed by atoms with Crippen LogP contribution in [0.2, 0.25) is 0 Å². The summed E-state index contributed by atoms with van der Waals surface area (Å²) in [5, 5.41) is 0. The van der Waals surface area contributed by atoms with Crippen LogP contribution in [0.1, 0.15) is 57.6 Å². The first-order chi connectivity index (χ1) is 11.2. The van der Waals surface area contributed by atoms with E-state index in [4.69, 9.17) is 4.74 Å². The molecule has 1 saturated heterocycles. The van der Waals surface area contributed by atoms with Crippen LogP contribution in [0.25, 0.3) is 5.57 Å². The molecule has 1 amide bonds. The number of fused-ring (bicyclic) bond motifs is 2. The zero-order valence-electron chi connectivity index (χ0n) is 14.9. The standard InChI is InChI=1S/C20H26BrNO2/c1-13-8-14(10-16(21)9-13)15-11-17-6-5-7-18(12-15)22(17)19(23)24-20(2,3)4/h8-11,17-18H,5-7,12H2,1-4H3. The van der Waals surface area contributed by atoms with Gasteiger partial charge in [0.1, 0.15) is 5.60 Å². The summed E-state index contributed by atoms with van der Waals surface area (Å²) in [5.41, 5.74) is 3.42. The normalized spacial score (nSPS) is 23.7. The monoisotopic (exact) mass is 391 g/mol. The van der Waals surface area contributed by atoms with Gasteiger partial charge >= 0.3 is 6.09 Å². The molecule has 24 heavy (non-hydrogen) atoms. The summed E-state index contributed by atoms with van der Waals surface area (Å²) >= 11 is 3.60. The summed E-state index contributed by atoms with van der Waals surface area (Å²) < 4.78 is 6.75. The number of nitrogens with zero attached hydrogens (tertiary/aromatic N) is 1. The summed E-state index contributed by atoms with van der Waals surface area (Å²) in [6, 6.07) is 6.94. The van der Waals surface area contributed by atoms with E-state index in [1.54, 1.807) is 0 Å². The molecule has 3 rings (SSSR count). The van der Waals surface area contributed by atoms with Crippen LogP contribution in [0.5, 0.6) is 0 Å². The maximum Gasteiger partial charge on any atom is 0.411 e. The second kappa shape index (κ2) is 6.55. The molecule has 0 aromatic heterocycles. The van der Waals surface area contributed by atoms with Crippen molar-refractivity contribution in [3.63, 3.8) is 0 Å². The number of halogens is 1. The number of ether oxygens (including phenoxy) is 1. The van der Waals surface area contributed by atoms with E-state index in [0.29, 0.717) is 0 Å². The second-order valence-electron chi connectivity index (χ2n) is 7.95. The molecule has 0 saturated carbocycles. The van der Waals surface area contributed by atoms with Crippen LogP contribution in [0.15, 0.2) is 28.7 Å². The Balaban J connectivity index is 1.88. The zero-order valence-corrected chi connectivity index (χ0v) is 16.5. The van der Waals surface area contributed by atoms with E-state index in [9.17, 15) is 4.79 Å². The number of carbonyl (C=O) groups is 1. The minimum atomic E-state index is -0.448. The Hall–Kier alpha value is -1.29. The lowest BCUT2D eigenvalue weighted by Crippen LogP contribution is -2.53. The third-order valence-electron chi connectivity index (χ3n) is 4.65. The minimum absolute atomic E-state index is 0.154. The van der Waals surface area contributed by atoms with E-state index in [0.717, 1.165) is 23.7 Å². The van der Waals surface area contributed by atoms with Crippen LogP contribution < -0.4 is 0 Å². The highest BCUT2D eigenvalue weighted by Gasteiger charge is 2.39. The van der Waals surface area contributed by atoms with Crippen LogP contribution >= 0.6 is 15.9 Å². The molecular weight excluding hydrogens is 366 g/mol. The highest BCUT2D eigenvalue weighted by atomic mass is 79.9. The highest BCUT2D eigenvalue weighted by molar-refractivity contribution is 9.10. The number of hydrogen-bond donors (Lipinski definition) is 0. The number of aryl methyl sites for hydroxylation is 1. The van der Waals surface area contributed by atoms with E-state index < -0.39 is 5.60 Å². The lowest BCUT2D eigenvalue weighted by molar-refractivity contribution is 0.0000850. The summed E-state index contributed by atoms with van der Waals surface area (Å²) in [4.78, 5) is 14.6. The van der Waals surface area contributed by atoms with E-state index in [2.05, 4.69) is 47.1 Å². The van der Waals surface area contributed by atoms with E-state index in [1.165, 1.54) is 23.1 Å². The van der Waals surface area contributed by atoms with Gasteiger partial charge in [-0.15, -0.1) is 0 Å². The molecule has 3 nitrogen and oxygen atoms in total. The Bertz CT molecular complexity index is 654. The summed E-state index contributed by atoms with van der Waals surface area (Å²) in [6.07, 6.45) is 6.27. The molecule has 2 aliphatic rings. The second-order valence-corrected chi connectivity index (χ2v) is 8.87. The molecule has 0 radical (unpaired) electrons. The number of carbonyl (C=O) groups excluding carboxylic acids is 1. The first-order valence-electron chi connectivity index (χ1n) is 8.72. The lowest BCUT2D eigenvalue weighted by atomic mass is 9.83. The third kappa shape index (κ3) is 3.85. The zero-order chi connectivity index (χ0) is 17.5. The van der Waals surface area contributed by atoms with Gasteiger partial charge in [-0.3, -0.25) is 4.90 Å². The first kappa shape index (κ1) is 17.5. The fourth-order valence-corrected chi connectivity index (χ4v) is 4.37. The number of amides is 1. The maximum absolute atomic E-state index is 12.6. The average molecular weight is 392 g/mol. The number of hydrogen-bond acceptors (Lipinski definition) is 2. The van der Waals surface area contributed by atoms with Gasteiger partial charge in [-0.1, -0.05) is 28.1 Å². The Kier molecular flexibility index (Phi) is 4.78. The Morgan fingerprint density at radius 3 is 2.62 bits per heavy atom. The molecule has 4 heteroatoms. The highest BCUT2D eigenvalue weighted by Crippen LogP contribution is 2.38. The van der Waals surface area contributed by atoms with Gasteiger partial charge in [-0.2, -0.15) is 0 Å². The van der Waals surface area contributed by atoms with Crippen molar-refractivity contribution in [3.8, 4) is 0 Å². The van der Waals surface area contributed by atoms with Gasteiger partial charge < -0.3 is 4.74 Å². The molecule has 2 aliphatic heterocycles. The smallest absolute Gasteiger partial charge is 0.411 e. The Morgan fingerprint density at radius 2 is 2.00 bits per heavy atom. The summed E-state index contributed by atoms with van der Waals surface area (Å²) in [5.74, 6) is 0. The molecule has 2 atom stereocenters. The number of rotatable bonds is 1. The topological polar surface area (TPSA) is 29.5 Å². The largest absolute Gasteiger partial charge is 0.444 e. The molecule has 0 N–H and O–H groups in total. The van der Waals surface area contributed by atoms with Gasteiger partial charge in [0.15, 0.2) is 0 Å². The van der Waals surface area contributed by atoms with Crippen LogP contribution in [0.3, 0.4) is 0 Å². The molecule has 1 aromatic carbocycles. The molecule has 2 unspecified atom stereocenters. The van der Waals surface area contributed by atoms with E-state index in [-0.39, 0.29) is 18.2 Å². The van der Waals surface area contributed by atoms with Crippen molar-refractivity contribution < 1.29 is 9.53 Å². The summed E-state index contributed by atoms with van der Waals surface area (Å²) in [7, 11) is 0. The molecule has 2 bridgehead atoms. The third-order valence-corrected chi connectivity index (χ3v) is 5.11. The predicted molar refractivity (Wildman–Crippen MR) is 101 cm³/mol. The molecule has 1 aromatic rings. The first-order valence-corrected chi connectivity index (χ1v) is 9.52. The van der Waals surface area contributed by atoms with Gasteiger partial charge in [0.05, 0.1) is 6.04 Å². The quantitative estimate of drug-likeness (QED) is 0.613. The van der Waals surface area contributed by atoms with Gasteiger partial charge in [-0.25, -0.2) is 4.79 Å². The van der Waals surface area contributed by atoms with Crippen molar-refractivity contribution in [2.45, 2.75) is 71.1 Å². The molecule has 130 valence electrons. The van der Waals surface area contributed by atoms with Gasteiger partial charge in [0.25, 0.3) is 0 Å². The van der Waals surface area contributed by atoms with Crippen molar-refractivity contribution in [3.05, 3.63) is 39.9 Å². The van der Waals surface area contributed by atoms with Crippen LogP contribution in [0.4, 0.5) is 4.79 Å². The molecule has 0 aliphatic carbocycles. The number of piperidine rings is 1. The molecule has 0 spiro atoms. The Morgan fingerprint density at radius 1 is 1.25 bits per heavy atom. The number of benzene rings is 1. The van der Waals surface area contributed by atoms with Crippen molar-refractivity contribution in [1.82, 2.24) is 4.90 Å². The minimum Gasteiger partial charge on any atom is -0.444 e. The van der Waals surface area contributed by atoms with Crippen molar-refractivity contribution in [2.24, 2.45) is 0 Å². The molecular formula is C20H26BrNO2. The van der Waals surface area contributed by atoms with Crippen molar-refractivity contribution in [1.29, 1.82) is 0 Å². The van der Waals surface area contributed by atoms with E-state index >= 15 is 0 Å². The van der Waals surface area contributed by atoms with E-state index in [1.807, 2.05) is 25.7 Å². The predicted octanol–water partition coefficient (Wildman–Crippen LogP) is 5.70. The Labute approximate surface area is 153 Å². The van der Waals surface area contributed by atoms with Crippen molar-refractivity contribution >= 4 is 27.6 Å². The van der Waals surface area contributed by atoms with Gasteiger partial charge in [0, 0.05) is 10.5 Å². The van der Waals surface area contributed by atoms with Crippen LogP contribution in [0, 0.1) is 6.92 Å². The molecule has 1 fully saturated rings. The van der Waals surface area contributed by atoms with Gasteiger partial charge in [-0.05, 0) is 82.2 Å². The van der Waals surface area contributed by atoms with Crippen LogP contribution in [-0.2, 0) is 4.74 Å². The fourth-order valence-electron chi connectivity index (χ4n) is 3.76. The molecule has 2 heterocycles.